The minimum atomic E-state index is -3.74. The number of benzene rings is 1. The lowest BCUT2D eigenvalue weighted by Gasteiger charge is -2.09. The van der Waals surface area contributed by atoms with Crippen LogP contribution in [-0.2, 0) is 9.84 Å². The molecule has 7 nitrogen and oxygen atoms in total. The van der Waals surface area contributed by atoms with Crippen LogP contribution in [0.15, 0.2) is 28.6 Å². The molecule has 0 aliphatic carbocycles. The molecule has 0 bridgehead atoms. The van der Waals surface area contributed by atoms with E-state index in [1.54, 1.807) is 24.3 Å². The third kappa shape index (κ3) is 3.44. The molecular weight excluding hydrogens is 304 g/mol. The lowest BCUT2D eigenvalue weighted by atomic mass is 10.3. The molecule has 1 atom stereocenters. The van der Waals surface area contributed by atoms with E-state index in [1.807, 2.05) is 5.32 Å². The highest BCUT2D eigenvalue weighted by atomic mass is 32.2. The first kappa shape index (κ1) is 14.7. The number of hydrogen-bond acceptors (Lipinski definition) is 6. The predicted octanol–water partition coefficient (Wildman–Crippen LogP) is 0.698. The lowest BCUT2D eigenvalue weighted by Crippen LogP contribution is -2.35. The van der Waals surface area contributed by atoms with Gasteiger partial charge in [0.05, 0.1) is 22.1 Å². The molecule has 0 aliphatic heterocycles. The van der Waals surface area contributed by atoms with Gasteiger partial charge < -0.3 is 15.5 Å². The molecule has 1 aromatic heterocycles. The van der Waals surface area contributed by atoms with Crippen molar-refractivity contribution in [3.63, 3.8) is 0 Å². The number of fused-ring (bicyclic) bond motifs is 1. The molecule has 3 N–H and O–H groups in total. The molecule has 20 heavy (non-hydrogen) atoms. The molecule has 0 unspecified atom stereocenters. The van der Waals surface area contributed by atoms with Crippen molar-refractivity contribution in [1.29, 1.82) is 0 Å². The maximum absolute atomic E-state index is 12.1. The second-order valence-corrected chi connectivity index (χ2v) is 7.31. The minimum absolute atomic E-state index is 0.0759. The molecule has 1 aromatic carbocycles. The van der Waals surface area contributed by atoms with Crippen molar-refractivity contribution in [2.75, 3.05) is 12.3 Å². The minimum Gasteiger partial charge on any atom is -0.465 e. The van der Waals surface area contributed by atoms with E-state index >= 15 is 0 Å². The van der Waals surface area contributed by atoms with Crippen LogP contribution >= 0.6 is 11.3 Å². The first-order valence-corrected chi connectivity index (χ1v) is 8.08. The molecule has 0 fully saturated rings. The number of aliphatic hydroxyl groups excluding tert-OH is 1. The fraction of sp³-hybridized carbons (Fsp3) is 0.273. The van der Waals surface area contributed by atoms with Gasteiger partial charge in [0, 0.05) is 6.54 Å². The number of aliphatic hydroxyl groups is 1. The van der Waals surface area contributed by atoms with Crippen LogP contribution in [0.3, 0.4) is 0 Å². The highest BCUT2D eigenvalue weighted by molar-refractivity contribution is 7.93. The van der Waals surface area contributed by atoms with Crippen molar-refractivity contribution >= 4 is 37.5 Å². The first-order valence-electron chi connectivity index (χ1n) is 5.61. The molecule has 0 aliphatic rings. The van der Waals surface area contributed by atoms with Gasteiger partial charge in [0.25, 0.3) is 0 Å². The highest BCUT2D eigenvalue weighted by Gasteiger charge is 2.23. The zero-order chi connectivity index (χ0) is 14.8. The van der Waals surface area contributed by atoms with E-state index in [2.05, 4.69) is 4.98 Å². The van der Waals surface area contributed by atoms with E-state index in [-0.39, 0.29) is 10.9 Å². The van der Waals surface area contributed by atoms with Gasteiger partial charge in [-0.2, -0.15) is 0 Å². The predicted molar refractivity (Wildman–Crippen MR) is 73.7 cm³/mol. The monoisotopic (exact) mass is 316 g/mol. The summed E-state index contributed by atoms with van der Waals surface area (Å²) in [5.41, 5.74) is 0.578. The summed E-state index contributed by atoms with van der Waals surface area (Å²) in [5, 5.41) is 19.9. The molecule has 0 saturated carbocycles. The number of nitrogens with zero attached hydrogens (tertiary/aromatic N) is 1. The zero-order valence-electron chi connectivity index (χ0n) is 10.2. The van der Waals surface area contributed by atoms with E-state index in [1.165, 1.54) is 0 Å². The third-order valence-corrected chi connectivity index (χ3v) is 5.73. The molecule has 0 spiro atoms. The molecule has 0 saturated heterocycles. The van der Waals surface area contributed by atoms with Crippen molar-refractivity contribution < 1.29 is 23.4 Å². The SMILES string of the molecule is O=C(O)NC[C@H](O)CS(=O)(=O)c1nc2ccccc2s1. The molecule has 108 valence electrons. The lowest BCUT2D eigenvalue weighted by molar-refractivity contribution is 0.169. The maximum Gasteiger partial charge on any atom is 0.404 e. The summed E-state index contributed by atoms with van der Waals surface area (Å²) in [6, 6.07) is 6.99. The van der Waals surface area contributed by atoms with Gasteiger partial charge in [-0.3, -0.25) is 0 Å². The highest BCUT2D eigenvalue weighted by Crippen LogP contribution is 2.25. The molecular formula is C11H12N2O5S2. The summed E-state index contributed by atoms with van der Waals surface area (Å²) >= 11 is 1.02. The van der Waals surface area contributed by atoms with Crippen molar-refractivity contribution in [3.8, 4) is 0 Å². The largest absolute Gasteiger partial charge is 0.465 e. The number of para-hydroxylation sites is 1. The average molecular weight is 316 g/mol. The average Bonchev–Trinajstić information content (AvgIpc) is 2.80. The number of rotatable bonds is 5. The van der Waals surface area contributed by atoms with Crippen molar-refractivity contribution in [2.24, 2.45) is 0 Å². The van der Waals surface area contributed by atoms with E-state index in [0.717, 1.165) is 16.0 Å². The van der Waals surface area contributed by atoms with Crippen LogP contribution in [0, 0.1) is 0 Å². The van der Waals surface area contributed by atoms with Crippen molar-refractivity contribution in [1.82, 2.24) is 10.3 Å². The van der Waals surface area contributed by atoms with Gasteiger partial charge >= 0.3 is 6.09 Å². The third-order valence-electron chi connectivity index (χ3n) is 2.44. The standard InChI is InChI=1S/C11H12N2O5S2/c14-7(5-12-10(15)16)6-20(17,18)11-13-8-3-1-2-4-9(8)19-11/h1-4,7,12,14H,5-6H2,(H,15,16)/t7-/m0/s1. The van der Waals surface area contributed by atoms with Gasteiger partial charge in [-0.05, 0) is 12.1 Å². The number of amides is 1. The van der Waals surface area contributed by atoms with Crippen LogP contribution in [0.1, 0.15) is 0 Å². The summed E-state index contributed by atoms with van der Waals surface area (Å²) in [6.07, 6.45) is -2.63. The molecule has 1 amide bonds. The van der Waals surface area contributed by atoms with Crippen molar-refractivity contribution in [2.45, 2.75) is 10.4 Å². The van der Waals surface area contributed by atoms with E-state index < -0.39 is 27.8 Å². The van der Waals surface area contributed by atoms with Crippen molar-refractivity contribution in [3.05, 3.63) is 24.3 Å². The van der Waals surface area contributed by atoms with Gasteiger partial charge in [0.1, 0.15) is 0 Å². The number of hydrogen-bond donors (Lipinski definition) is 3. The Hall–Kier alpha value is -1.71. The Bertz CT molecular complexity index is 692. The Morgan fingerprint density at radius 1 is 1.40 bits per heavy atom. The quantitative estimate of drug-likeness (QED) is 0.747. The second-order valence-electron chi connectivity index (χ2n) is 4.07. The van der Waals surface area contributed by atoms with Crippen LogP contribution in [0.2, 0.25) is 0 Å². The molecule has 1 heterocycles. The van der Waals surface area contributed by atoms with Gasteiger partial charge in [0.15, 0.2) is 0 Å². The second kappa shape index (κ2) is 5.73. The topological polar surface area (TPSA) is 117 Å². The smallest absolute Gasteiger partial charge is 0.404 e. The van der Waals surface area contributed by atoms with Crippen LogP contribution in [-0.4, -0.2) is 48.1 Å². The molecule has 9 heteroatoms. The van der Waals surface area contributed by atoms with E-state index in [0.29, 0.717) is 5.52 Å². The van der Waals surface area contributed by atoms with Gasteiger partial charge in [-0.1, -0.05) is 12.1 Å². The summed E-state index contributed by atoms with van der Waals surface area (Å²) in [7, 11) is -3.74. The molecule has 2 aromatic rings. The Balaban J connectivity index is 2.15. The van der Waals surface area contributed by atoms with E-state index in [9.17, 15) is 18.3 Å². The number of aromatic nitrogens is 1. The molecule has 0 radical (unpaired) electrons. The van der Waals surface area contributed by atoms with Crippen LogP contribution in [0.4, 0.5) is 4.79 Å². The number of carbonyl (C=O) groups is 1. The van der Waals surface area contributed by atoms with Crippen LogP contribution < -0.4 is 5.32 Å². The van der Waals surface area contributed by atoms with Crippen LogP contribution in [0.25, 0.3) is 10.2 Å². The summed E-state index contributed by atoms with van der Waals surface area (Å²) in [5.74, 6) is -0.576. The number of thiazole rings is 1. The van der Waals surface area contributed by atoms with Gasteiger partial charge in [-0.25, -0.2) is 18.2 Å². The first-order chi connectivity index (χ1) is 9.38. The van der Waals surface area contributed by atoms with Gasteiger partial charge in [0.2, 0.25) is 14.2 Å². The summed E-state index contributed by atoms with van der Waals surface area (Å²) in [6.45, 7) is -0.348. The summed E-state index contributed by atoms with van der Waals surface area (Å²) in [4.78, 5) is 14.3. The maximum atomic E-state index is 12.1. The fourth-order valence-corrected chi connectivity index (χ4v) is 4.26. The fourth-order valence-electron chi connectivity index (χ4n) is 1.57. The Morgan fingerprint density at radius 2 is 2.10 bits per heavy atom. The zero-order valence-corrected chi connectivity index (χ0v) is 11.8. The Labute approximate surface area is 118 Å². The number of sulfone groups is 1. The van der Waals surface area contributed by atoms with E-state index in [4.69, 9.17) is 5.11 Å². The Kier molecular flexibility index (Phi) is 4.21. The van der Waals surface area contributed by atoms with Crippen LogP contribution in [0.5, 0.6) is 0 Å². The molecule has 2 rings (SSSR count). The number of carboxylic acid groups (broad SMARTS) is 1. The Morgan fingerprint density at radius 3 is 2.75 bits per heavy atom. The number of nitrogens with one attached hydrogen (secondary N) is 1. The van der Waals surface area contributed by atoms with Gasteiger partial charge in [-0.15, -0.1) is 11.3 Å². The normalized spacial score (nSPS) is 13.2. The summed E-state index contributed by atoms with van der Waals surface area (Å²) < 4.78 is 24.8.